The minimum atomic E-state index is -0.440. The quantitative estimate of drug-likeness (QED) is 0.396. The van der Waals surface area contributed by atoms with Crippen LogP contribution in [0.1, 0.15) is 13.3 Å². The second kappa shape index (κ2) is 8.36. The van der Waals surface area contributed by atoms with Crippen LogP contribution in [0.4, 0.5) is 4.39 Å². The van der Waals surface area contributed by atoms with E-state index in [-0.39, 0.29) is 5.82 Å². The molecule has 5 aromatic rings. The fraction of sp³-hybridized carbons (Fsp3) is 0.160. The SMILES string of the molecule is CC(O)CCn1cc(-c2ncnc3oc(-c4ccccc4)cc23)c(-c2ccc(F)cc2)n1. The Bertz CT molecular complexity index is 1360. The third kappa shape index (κ3) is 3.90. The minimum absolute atomic E-state index is 0.310. The van der Waals surface area contributed by atoms with E-state index in [4.69, 9.17) is 9.52 Å². The number of hydrogen-bond acceptors (Lipinski definition) is 5. The monoisotopic (exact) mass is 428 g/mol. The first-order chi connectivity index (χ1) is 15.6. The predicted molar refractivity (Wildman–Crippen MR) is 120 cm³/mol. The molecule has 3 aromatic heterocycles. The molecule has 0 fully saturated rings. The summed E-state index contributed by atoms with van der Waals surface area (Å²) in [4.78, 5) is 8.85. The van der Waals surface area contributed by atoms with E-state index in [0.717, 1.165) is 22.1 Å². The zero-order valence-corrected chi connectivity index (χ0v) is 17.4. The fourth-order valence-electron chi connectivity index (χ4n) is 3.66. The maximum Gasteiger partial charge on any atom is 0.230 e. The van der Waals surface area contributed by atoms with Gasteiger partial charge < -0.3 is 9.52 Å². The predicted octanol–water partition coefficient (Wildman–Crippen LogP) is 5.33. The van der Waals surface area contributed by atoms with Crippen molar-refractivity contribution in [2.75, 3.05) is 0 Å². The molecular formula is C25H21FN4O2. The van der Waals surface area contributed by atoms with E-state index < -0.39 is 6.10 Å². The summed E-state index contributed by atoms with van der Waals surface area (Å²) < 4.78 is 21.3. The molecule has 32 heavy (non-hydrogen) atoms. The first-order valence-electron chi connectivity index (χ1n) is 10.4. The molecule has 0 spiro atoms. The van der Waals surface area contributed by atoms with E-state index in [9.17, 15) is 9.50 Å². The van der Waals surface area contributed by atoms with Gasteiger partial charge in [-0.25, -0.2) is 14.4 Å². The Balaban J connectivity index is 1.66. The van der Waals surface area contributed by atoms with Crippen molar-refractivity contribution in [3.05, 3.63) is 79.0 Å². The number of fused-ring (bicyclic) bond motifs is 1. The first-order valence-corrected chi connectivity index (χ1v) is 10.4. The Morgan fingerprint density at radius 1 is 1.00 bits per heavy atom. The topological polar surface area (TPSA) is 77.0 Å². The molecule has 0 aliphatic heterocycles. The molecule has 7 heteroatoms. The fourth-order valence-corrected chi connectivity index (χ4v) is 3.66. The highest BCUT2D eigenvalue weighted by Gasteiger charge is 2.20. The first kappa shape index (κ1) is 20.1. The van der Waals surface area contributed by atoms with Gasteiger partial charge in [-0.1, -0.05) is 30.3 Å². The summed E-state index contributed by atoms with van der Waals surface area (Å²) in [6.45, 7) is 2.29. The van der Waals surface area contributed by atoms with Crippen LogP contribution in [-0.4, -0.2) is 31.0 Å². The van der Waals surface area contributed by atoms with Crippen molar-refractivity contribution in [3.63, 3.8) is 0 Å². The number of nitrogens with zero attached hydrogens (tertiary/aromatic N) is 4. The number of aliphatic hydroxyl groups excluding tert-OH is 1. The zero-order valence-electron chi connectivity index (χ0n) is 17.4. The van der Waals surface area contributed by atoms with Crippen LogP contribution in [0.15, 0.2) is 77.6 Å². The molecule has 2 aromatic carbocycles. The van der Waals surface area contributed by atoms with Gasteiger partial charge in [-0.2, -0.15) is 5.10 Å². The molecule has 0 aliphatic rings. The zero-order chi connectivity index (χ0) is 22.1. The molecule has 5 rings (SSSR count). The molecule has 1 N–H and O–H groups in total. The Morgan fingerprint density at radius 3 is 2.53 bits per heavy atom. The minimum Gasteiger partial charge on any atom is -0.438 e. The van der Waals surface area contributed by atoms with E-state index in [1.807, 2.05) is 42.6 Å². The van der Waals surface area contributed by atoms with Crippen LogP contribution in [-0.2, 0) is 6.54 Å². The van der Waals surface area contributed by atoms with Crippen molar-refractivity contribution in [1.82, 2.24) is 19.7 Å². The molecule has 160 valence electrons. The molecule has 1 unspecified atom stereocenters. The number of aromatic nitrogens is 4. The second-order valence-electron chi connectivity index (χ2n) is 7.72. The lowest BCUT2D eigenvalue weighted by Gasteiger charge is -2.03. The van der Waals surface area contributed by atoms with E-state index in [1.54, 1.807) is 23.7 Å². The van der Waals surface area contributed by atoms with Gasteiger partial charge in [-0.15, -0.1) is 0 Å². The van der Waals surface area contributed by atoms with Gasteiger partial charge in [-0.3, -0.25) is 4.68 Å². The van der Waals surface area contributed by atoms with Crippen molar-refractivity contribution in [3.8, 4) is 33.8 Å². The summed E-state index contributed by atoms with van der Waals surface area (Å²) in [5, 5.41) is 15.2. The number of aliphatic hydroxyl groups is 1. The van der Waals surface area contributed by atoms with E-state index >= 15 is 0 Å². The van der Waals surface area contributed by atoms with Crippen molar-refractivity contribution in [1.29, 1.82) is 0 Å². The summed E-state index contributed by atoms with van der Waals surface area (Å²) in [7, 11) is 0. The highest BCUT2D eigenvalue weighted by atomic mass is 19.1. The lowest BCUT2D eigenvalue weighted by atomic mass is 10.0. The molecular weight excluding hydrogens is 407 g/mol. The third-order valence-electron chi connectivity index (χ3n) is 5.30. The van der Waals surface area contributed by atoms with E-state index in [0.29, 0.717) is 35.8 Å². The van der Waals surface area contributed by atoms with Crippen LogP contribution < -0.4 is 0 Å². The van der Waals surface area contributed by atoms with Gasteiger partial charge in [0.25, 0.3) is 0 Å². The lowest BCUT2D eigenvalue weighted by molar-refractivity contribution is 0.176. The maximum absolute atomic E-state index is 13.5. The Kier molecular flexibility index (Phi) is 5.25. The Hall–Kier alpha value is -3.84. The molecule has 0 aliphatic carbocycles. The smallest absolute Gasteiger partial charge is 0.230 e. The van der Waals surface area contributed by atoms with Crippen molar-refractivity contribution >= 4 is 11.1 Å². The average Bonchev–Trinajstić information content (AvgIpc) is 3.43. The Morgan fingerprint density at radius 2 is 1.78 bits per heavy atom. The molecule has 0 bridgehead atoms. The second-order valence-corrected chi connectivity index (χ2v) is 7.72. The van der Waals surface area contributed by atoms with Gasteiger partial charge in [0.1, 0.15) is 23.6 Å². The largest absolute Gasteiger partial charge is 0.438 e. The van der Waals surface area contributed by atoms with Crippen LogP contribution in [0.2, 0.25) is 0 Å². The van der Waals surface area contributed by atoms with Crippen LogP contribution in [0.25, 0.3) is 44.9 Å². The standard InChI is InChI=1S/C25H21FN4O2/c1-16(31)11-12-30-14-21(23(29-30)18-7-9-19(26)10-8-18)24-20-13-22(17-5-3-2-4-6-17)32-25(20)28-15-27-24/h2-10,13-16,31H,11-12H2,1H3. The molecule has 0 radical (unpaired) electrons. The number of furan rings is 1. The summed E-state index contributed by atoms with van der Waals surface area (Å²) in [5.74, 6) is 0.391. The molecule has 0 amide bonds. The highest BCUT2D eigenvalue weighted by molar-refractivity contribution is 5.95. The summed E-state index contributed by atoms with van der Waals surface area (Å²) in [6.07, 6.45) is 3.49. The van der Waals surface area contributed by atoms with Crippen LogP contribution in [0.5, 0.6) is 0 Å². The summed E-state index contributed by atoms with van der Waals surface area (Å²) >= 11 is 0. The molecule has 0 saturated heterocycles. The summed E-state index contributed by atoms with van der Waals surface area (Å²) in [6, 6.07) is 18.0. The van der Waals surface area contributed by atoms with Crippen LogP contribution >= 0.6 is 0 Å². The number of aryl methyl sites for hydroxylation is 1. The van der Waals surface area contributed by atoms with E-state index in [2.05, 4.69) is 9.97 Å². The number of hydrogen-bond donors (Lipinski definition) is 1. The van der Waals surface area contributed by atoms with Gasteiger partial charge in [0.2, 0.25) is 5.71 Å². The van der Waals surface area contributed by atoms with Crippen molar-refractivity contribution in [2.24, 2.45) is 0 Å². The van der Waals surface area contributed by atoms with Crippen molar-refractivity contribution < 1.29 is 13.9 Å². The van der Waals surface area contributed by atoms with Gasteiger partial charge in [0, 0.05) is 29.4 Å². The van der Waals surface area contributed by atoms with Gasteiger partial charge in [-0.05, 0) is 43.7 Å². The van der Waals surface area contributed by atoms with Crippen LogP contribution in [0.3, 0.4) is 0 Å². The molecule has 0 saturated carbocycles. The van der Waals surface area contributed by atoms with Gasteiger partial charge in [0.15, 0.2) is 0 Å². The number of halogens is 1. The maximum atomic E-state index is 13.5. The van der Waals surface area contributed by atoms with Gasteiger partial charge in [0.05, 0.1) is 17.2 Å². The normalized spacial score (nSPS) is 12.3. The average molecular weight is 428 g/mol. The molecule has 6 nitrogen and oxygen atoms in total. The molecule has 3 heterocycles. The Labute approximate surface area is 184 Å². The highest BCUT2D eigenvalue weighted by Crippen LogP contribution is 2.36. The van der Waals surface area contributed by atoms with E-state index in [1.165, 1.54) is 18.5 Å². The number of rotatable bonds is 6. The molecule has 1 atom stereocenters. The third-order valence-corrected chi connectivity index (χ3v) is 5.30. The summed E-state index contributed by atoms with van der Waals surface area (Å²) in [5.41, 5.74) is 4.35. The van der Waals surface area contributed by atoms with Gasteiger partial charge >= 0.3 is 0 Å². The van der Waals surface area contributed by atoms with Crippen LogP contribution in [0, 0.1) is 5.82 Å². The van der Waals surface area contributed by atoms with Crippen molar-refractivity contribution in [2.45, 2.75) is 26.0 Å². The lowest BCUT2D eigenvalue weighted by Crippen LogP contribution is -2.07. The number of benzene rings is 2.